The molecule has 0 bridgehead atoms. The summed E-state index contributed by atoms with van der Waals surface area (Å²) in [7, 11) is 4.46. The molecule has 34 heavy (non-hydrogen) atoms. The Morgan fingerprint density at radius 3 is 2.41 bits per heavy atom. The summed E-state index contributed by atoms with van der Waals surface area (Å²) >= 11 is 0. The molecule has 3 aromatic rings. The number of carbonyl (C=O) groups is 1. The highest BCUT2D eigenvalue weighted by Crippen LogP contribution is 2.41. The average Bonchev–Trinajstić information content (AvgIpc) is 3.54. The zero-order valence-electron chi connectivity index (χ0n) is 18.7. The minimum absolute atomic E-state index is 0.0393. The second-order valence-electron chi connectivity index (χ2n) is 7.40. The lowest BCUT2D eigenvalue weighted by Gasteiger charge is -2.12. The minimum Gasteiger partial charge on any atom is -0.493 e. The van der Waals surface area contributed by atoms with Gasteiger partial charge in [-0.25, -0.2) is 4.79 Å². The Balaban J connectivity index is 1.46. The maximum Gasteiger partial charge on any atom is 0.338 e. The number of benzene rings is 2. The summed E-state index contributed by atoms with van der Waals surface area (Å²) in [5.41, 5.74) is 0.728. The van der Waals surface area contributed by atoms with E-state index in [9.17, 15) is 14.9 Å². The van der Waals surface area contributed by atoms with Crippen molar-refractivity contribution in [3.63, 3.8) is 0 Å². The molecular weight excluding hydrogens is 448 g/mol. The molecule has 12 heteroatoms. The smallest absolute Gasteiger partial charge is 0.338 e. The Kier molecular flexibility index (Phi) is 6.48. The molecule has 1 heterocycles. The molecule has 0 unspecified atom stereocenters. The molecule has 4 rings (SSSR count). The van der Waals surface area contributed by atoms with Gasteiger partial charge in [0.1, 0.15) is 5.69 Å². The number of anilines is 1. The third-order valence-corrected chi connectivity index (χ3v) is 5.07. The van der Waals surface area contributed by atoms with E-state index < -0.39 is 10.9 Å². The lowest BCUT2D eigenvalue weighted by molar-refractivity contribution is -0.384. The van der Waals surface area contributed by atoms with Crippen LogP contribution in [0.4, 0.5) is 11.4 Å². The Morgan fingerprint density at radius 2 is 1.82 bits per heavy atom. The number of nitrogens with zero attached hydrogens (tertiary/aromatic N) is 3. The number of esters is 1. The number of nitro groups is 1. The number of rotatable bonds is 10. The summed E-state index contributed by atoms with van der Waals surface area (Å²) in [6.07, 6.45) is 1.92. The predicted octanol–water partition coefficient (Wildman–Crippen LogP) is 3.60. The summed E-state index contributed by atoms with van der Waals surface area (Å²) < 4.78 is 26.7. The van der Waals surface area contributed by atoms with Crippen molar-refractivity contribution in [1.82, 2.24) is 10.2 Å². The number of carbonyl (C=O) groups excluding carboxylic acids is 1. The van der Waals surface area contributed by atoms with Crippen LogP contribution in [0.25, 0.3) is 11.5 Å². The van der Waals surface area contributed by atoms with Gasteiger partial charge in [0.2, 0.25) is 11.6 Å². The molecule has 178 valence electrons. The summed E-state index contributed by atoms with van der Waals surface area (Å²) in [6.45, 7) is -0.313. The molecule has 1 aliphatic carbocycles. The maximum absolute atomic E-state index is 12.5. The van der Waals surface area contributed by atoms with E-state index in [0.29, 0.717) is 28.5 Å². The fourth-order valence-electron chi connectivity index (χ4n) is 3.22. The van der Waals surface area contributed by atoms with E-state index in [-0.39, 0.29) is 35.7 Å². The summed E-state index contributed by atoms with van der Waals surface area (Å²) in [6, 6.07) is 7.66. The van der Waals surface area contributed by atoms with Gasteiger partial charge in [-0.15, -0.1) is 10.2 Å². The van der Waals surface area contributed by atoms with E-state index >= 15 is 0 Å². The van der Waals surface area contributed by atoms with E-state index in [0.717, 1.165) is 12.8 Å². The van der Waals surface area contributed by atoms with Gasteiger partial charge in [-0.2, -0.15) is 0 Å². The van der Waals surface area contributed by atoms with E-state index in [1.54, 1.807) is 12.1 Å². The first-order chi connectivity index (χ1) is 16.4. The summed E-state index contributed by atoms with van der Waals surface area (Å²) in [5, 5.41) is 22.3. The van der Waals surface area contributed by atoms with Crippen molar-refractivity contribution in [1.29, 1.82) is 0 Å². The molecule has 12 nitrogen and oxygen atoms in total. The largest absolute Gasteiger partial charge is 0.493 e. The van der Waals surface area contributed by atoms with Gasteiger partial charge in [0.25, 0.3) is 11.6 Å². The first kappa shape index (κ1) is 22.8. The van der Waals surface area contributed by atoms with Crippen molar-refractivity contribution in [3.8, 4) is 28.7 Å². The normalized spacial score (nSPS) is 12.7. The molecule has 0 amide bonds. The van der Waals surface area contributed by atoms with Gasteiger partial charge in [0.15, 0.2) is 18.1 Å². The first-order valence-electron chi connectivity index (χ1n) is 10.3. The molecule has 0 atom stereocenters. The van der Waals surface area contributed by atoms with Crippen LogP contribution < -0.4 is 19.5 Å². The molecule has 1 N–H and O–H groups in total. The fraction of sp³-hybridized carbons (Fsp3) is 0.318. The Bertz CT molecular complexity index is 1200. The third-order valence-electron chi connectivity index (χ3n) is 5.07. The Hall–Kier alpha value is -4.35. The molecule has 1 aliphatic rings. The lowest BCUT2D eigenvalue weighted by Crippen LogP contribution is -2.08. The van der Waals surface area contributed by atoms with Gasteiger partial charge in [0, 0.05) is 17.7 Å². The molecule has 0 spiro atoms. The van der Waals surface area contributed by atoms with Crippen LogP contribution in [0.15, 0.2) is 34.7 Å². The second kappa shape index (κ2) is 9.65. The average molecular weight is 470 g/mol. The van der Waals surface area contributed by atoms with Gasteiger partial charge in [-0.05, 0) is 37.1 Å². The molecule has 0 aliphatic heterocycles. The predicted molar refractivity (Wildman–Crippen MR) is 118 cm³/mol. The standard InChI is InChI=1S/C22H22N4O8/c1-30-17-9-13(10-18(31-2)20(17)32-3)21-25-24-19(34-21)11-33-22(27)12-4-7-15(23-14-5-6-14)16(8-12)26(28)29/h4,7-10,14,23H,5-6,11H2,1-3H3. The van der Waals surface area contributed by atoms with Crippen molar-refractivity contribution in [3.05, 3.63) is 51.9 Å². The van der Waals surface area contributed by atoms with Gasteiger partial charge in [-0.1, -0.05) is 0 Å². The van der Waals surface area contributed by atoms with Gasteiger partial charge in [0.05, 0.1) is 31.8 Å². The molecule has 1 saturated carbocycles. The van der Waals surface area contributed by atoms with Crippen LogP contribution in [0.3, 0.4) is 0 Å². The monoisotopic (exact) mass is 470 g/mol. The van der Waals surface area contributed by atoms with Crippen LogP contribution in [0, 0.1) is 10.1 Å². The van der Waals surface area contributed by atoms with Crippen LogP contribution in [0.5, 0.6) is 17.2 Å². The zero-order chi connectivity index (χ0) is 24.2. The SMILES string of the molecule is COc1cc(-c2nnc(COC(=O)c3ccc(NC4CC4)c([N+](=O)[O-])c3)o2)cc(OC)c1OC. The number of methoxy groups -OCH3 is 3. The van der Waals surface area contributed by atoms with Crippen LogP contribution in [0.2, 0.25) is 0 Å². The number of hydrogen-bond acceptors (Lipinski definition) is 11. The van der Waals surface area contributed by atoms with Crippen molar-refractivity contribution < 1.29 is 33.1 Å². The number of nitrogens with one attached hydrogen (secondary N) is 1. The zero-order valence-corrected chi connectivity index (χ0v) is 18.7. The topological polar surface area (TPSA) is 148 Å². The number of hydrogen-bond donors (Lipinski definition) is 1. The molecule has 1 fully saturated rings. The quantitative estimate of drug-likeness (QED) is 0.263. The van der Waals surface area contributed by atoms with E-state index in [1.165, 1.54) is 39.5 Å². The molecule has 0 radical (unpaired) electrons. The highest BCUT2D eigenvalue weighted by molar-refractivity contribution is 5.91. The minimum atomic E-state index is -0.756. The van der Waals surface area contributed by atoms with Crippen LogP contribution in [-0.2, 0) is 11.3 Å². The maximum atomic E-state index is 12.5. The van der Waals surface area contributed by atoms with Crippen LogP contribution in [0.1, 0.15) is 29.1 Å². The fourth-order valence-corrected chi connectivity index (χ4v) is 3.22. The number of ether oxygens (including phenoxy) is 4. The third kappa shape index (κ3) is 4.85. The summed E-state index contributed by atoms with van der Waals surface area (Å²) in [4.78, 5) is 23.3. The molecular formula is C22H22N4O8. The Labute approximate surface area is 193 Å². The van der Waals surface area contributed by atoms with Crippen LogP contribution >= 0.6 is 0 Å². The Morgan fingerprint density at radius 1 is 1.12 bits per heavy atom. The molecule has 2 aromatic carbocycles. The van der Waals surface area contributed by atoms with Gasteiger partial charge < -0.3 is 28.7 Å². The van der Waals surface area contributed by atoms with Crippen molar-refractivity contribution in [2.45, 2.75) is 25.5 Å². The van der Waals surface area contributed by atoms with E-state index in [4.69, 9.17) is 23.4 Å². The van der Waals surface area contributed by atoms with Crippen molar-refractivity contribution in [2.75, 3.05) is 26.6 Å². The highest BCUT2D eigenvalue weighted by atomic mass is 16.6. The number of aromatic nitrogens is 2. The van der Waals surface area contributed by atoms with Gasteiger partial charge in [-0.3, -0.25) is 10.1 Å². The van der Waals surface area contributed by atoms with Gasteiger partial charge >= 0.3 is 5.97 Å². The highest BCUT2D eigenvalue weighted by Gasteiger charge is 2.26. The second-order valence-corrected chi connectivity index (χ2v) is 7.40. The summed E-state index contributed by atoms with van der Waals surface area (Å²) in [5.74, 6) is 0.659. The molecule has 1 aromatic heterocycles. The van der Waals surface area contributed by atoms with Crippen molar-refractivity contribution >= 4 is 17.3 Å². The van der Waals surface area contributed by atoms with Crippen LogP contribution in [-0.4, -0.2) is 48.5 Å². The lowest BCUT2D eigenvalue weighted by atomic mass is 10.1. The number of nitro benzene ring substituents is 1. The van der Waals surface area contributed by atoms with E-state index in [2.05, 4.69) is 15.5 Å². The van der Waals surface area contributed by atoms with Crippen molar-refractivity contribution in [2.24, 2.45) is 0 Å². The first-order valence-corrected chi connectivity index (χ1v) is 10.3. The molecule has 0 saturated heterocycles. The van der Waals surface area contributed by atoms with E-state index in [1.807, 2.05) is 0 Å².